The summed E-state index contributed by atoms with van der Waals surface area (Å²) in [6.07, 6.45) is 1.96. The van der Waals surface area contributed by atoms with Crippen molar-refractivity contribution in [3.05, 3.63) is 35.4 Å². The number of carbonyl (C=O) groups excluding carboxylic acids is 5. The van der Waals surface area contributed by atoms with E-state index in [9.17, 15) is 32.8 Å². The van der Waals surface area contributed by atoms with Crippen molar-refractivity contribution in [2.75, 3.05) is 20.3 Å². The number of nitrogens with zero attached hydrogens (tertiary/aromatic N) is 1. The zero-order valence-electron chi connectivity index (χ0n) is 25.5. The molecule has 1 aromatic rings. The number of likely N-dealkylation sites (tertiary alicyclic amines) is 1. The zero-order chi connectivity index (χ0) is 32.1. The Balaban J connectivity index is 2.14. The van der Waals surface area contributed by atoms with Gasteiger partial charge < -0.3 is 29.7 Å². The van der Waals surface area contributed by atoms with Crippen molar-refractivity contribution in [2.24, 2.45) is 5.92 Å². The first-order valence-electron chi connectivity index (χ1n) is 14.6. The standard InChI is InChI=1S/C30H43F2N3O8/c1-18(2)10-7-6-8-13-42-30(40)33-24(16-21-14-22(31)17-23(32)15-21)27(37)34-26(29(39)41-5)19(3)43-28(38)25-11-9-12-35(25)20(4)36/h14-15,17-19,24-26H,6-13,16H2,1-5H3,(H,33,40)(H,34,37)/t19-,24-,25?,26-/m0/s1. The molecule has 3 amide bonds. The lowest BCUT2D eigenvalue weighted by Crippen LogP contribution is -2.56. The molecule has 43 heavy (non-hydrogen) atoms. The van der Waals surface area contributed by atoms with Crippen LogP contribution in [0.25, 0.3) is 0 Å². The Labute approximate surface area is 251 Å². The van der Waals surface area contributed by atoms with Gasteiger partial charge in [0.1, 0.15) is 29.8 Å². The van der Waals surface area contributed by atoms with Crippen molar-refractivity contribution < 1.29 is 47.0 Å². The first kappa shape index (κ1) is 35.4. The smallest absolute Gasteiger partial charge is 0.407 e. The first-order valence-corrected chi connectivity index (χ1v) is 14.6. The third-order valence-corrected chi connectivity index (χ3v) is 7.08. The molecule has 1 aliphatic rings. The lowest BCUT2D eigenvalue weighted by atomic mass is 10.0. The van der Waals surface area contributed by atoms with E-state index in [2.05, 4.69) is 24.5 Å². The highest BCUT2D eigenvalue weighted by Gasteiger charge is 2.38. The van der Waals surface area contributed by atoms with Gasteiger partial charge in [-0.1, -0.05) is 33.1 Å². The van der Waals surface area contributed by atoms with Crippen LogP contribution in [0.3, 0.4) is 0 Å². The topological polar surface area (TPSA) is 140 Å². The monoisotopic (exact) mass is 611 g/mol. The molecule has 2 N–H and O–H groups in total. The molecular weight excluding hydrogens is 568 g/mol. The SMILES string of the molecule is COC(=O)[C@@H](NC(=O)[C@H](Cc1cc(F)cc(F)c1)NC(=O)OCCCCCC(C)C)[C@H](C)OC(=O)C1CCCN1C(C)=O. The van der Waals surface area contributed by atoms with Crippen LogP contribution in [0.1, 0.15) is 71.8 Å². The number of carbonyl (C=O) groups is 5. The molecule has 0 radical (unpaired) electrons. The van der Waals surface area contributed by atoms with E-state index >= 15 is 0 Å². The molecule has 13 heteroatoms. The quantitative estimate of drug-likeness (QED) is 0.175. The van der Waals surface area contributed by atoms with Crippen molar-refractivity contribution in [3.63, 3.8) is 0 Å². The summed E-state index contributed by atoms with van der Waals surface area (Å²) in [6, 6.07) is -1.07. The molecule has 4 atom stereocenters. The Morgan fingerprint density at radius 2 is 1.67 bits per heavy atom. The molecule has 1 aromatic carbocycles. The lowest BCUT2D eigenvalue weighted by Gasteiger charge is -2.28. The van der Waals surface area contributed by atoms with Crippen LogP contribution in [-0.4, -0.2) is 79.2 Å². The van der Waals surface area contributed by atoms with Gasteiger partial charge in [-0.25, -0.2) is 23.2 Å². The maximum Gasteiger partial charge on any atom is 0.407 e. The number of rotatable bonds is 15. The van der Waals surface area contributed by atoms with Gasteiger partial charge in [0.25, 0.3) is 0 Å². The summed E-state index contributed by atoms with van der Waals surface area (Å²) in [5, 5.41) is 4.81. The van der Waals surface area contributed by atoms with Gasteiger partial charge in [0.2, 0.25) is 11.8 Å². The number of hydrogen-bond acceptors (Lipinski definition) is 8. The maximum atomic E-state index is 13.9. The van der Waals surface area contributed by atoms with Crippen LogP contribution in [0.2, 0.25) is 0 Å². The Hall–Kier alpha value is -3.77. The molecule has 0 saturated carbocycles. The summed E-state index contributed by atoms with van der Waals surface area (Å²) in [5.74, 6) is -4.09. The van der Waals surface area contributed by atoms with E-state index in [0.29, 0.717) is 37.8 Å². The molecule has 0 aromatic heterocycles. The van der Waals surface area contributed by atoms with Crippen LogP contribution in [0, 0.1) is 17.6 Å². The number of methoxy groups -OCH3 is 1. The average Bonchev–Trinajstić information content (AvgIpc) is 3.43. The van der Waals surface area contributed by atoms with E-state index in [1.807, 2.05) is 0 Å². The van der Waals surface area contributed by atoms with Gasteiger partial charge in [-0.15, -0.1) is 0 Å². The minimum atomic E-state index is -1.50. The molecule has 0 bridgehead atoms. The highest BCUT2D eigenvalue weighted by molar-refractivity contribution is 5.90. The fraction of sp³-hybridized carbons (Fsp3) is 0.633. The van der Waals surface area contributed by atoms with Crippen LogP contribution in [0.4, 0.5) is 13.6 Å². The van der Waals surface area contributed by atoms with Gasteiger partial charge in [0, 0.05) is 26.0 Å². The number of hydrogen-bond donors (Lipinski definition) is 2. The molecule has 1 saturated heterocycles. The van der Waals surface area contributed by atoms with Crippen LogP contribution in [0.15, 0.2) is 18.2 Å². The normalized spacial score (nSPS) is 16.7. The van der Waals surface area contributed by atoms with Gasteiger partial charge >= 0.3 is 18.0 Å². The van der Waals surface area contributed by atoms with Crippen LogP contribution in [-0.2, 0) is 39.8 Å². The second-order valence-corrected chi connectivity index (χ2v) is 11.1. The highest BCUT2D eigenvalue weighted by atomic mass is 19.1. The summed E-state index contributed by atoms with van der Waals surface area (Å²) in [4.78, 5) is 64.6. The predicted molar refractivity (Wildman–Crippen MR) is 152 cm³/mol. The largest absolute Gasteiger partial charge is 0.467 e. The highest BCUT2D eigenvalue weighted by Crippen LogP contribution is 2.20. The second-order valence-electron chi connectivity index (χ2n) is 11.1. The molecule has 1 unspecified atom stereocenters. The Morgan fingerprint density at radius 3 is 2.28 bits per heavy atom. The summed E-state index contributed by atoms with van der Waals surface area (Å²) >= 11 is 0. The second kappa shape index (κ2) is 17.4. The lowest BCUT2D eigenvalue weighted by molar-refractivity contribution is -0.163. The number of nitrogens with one attached hydrogen (secondary N) is 2. The predicted octanol–water partition coefficient (Wildman–Crippen LogP) is 3.42. The maximum absolute atomic E-state index is 13.9. The molecule has 1 heterocycles. The van der Waals surface area contributed by atoms with E-state index in [4.69, 9.17) is 14.2 Å². The van der Waals surface area contributed by atoms with E-state index in [1.54, 1.807) is 0 Å². The molecule has 0 aliphatic carbocycles. The van der Waals surface area contributed by atoms with Gasteiger partial charge in [0.15, 0.2) is 6.04 Å². The number of unbranched alkanes of at least 4 members (excludes halogenated alkanes) is 2. The fourth-order valence-electron chi connectivity index (χ4n) is 4.82. The molecule has 240 valence electrons. The Bertz CT molecular complexity index is 1110. The number of alkyl carbamates (subject to hydrolysis) is 1. The fourth-order valence-corrected chi connectivity index (χ4v) is 4.82. The van der Waals surface area contributed by atoms with Crippen LogP contribution in [0.5, 0.6) is 0 Å². The molecule has 2 rings (SSSR count). The van der Waals surface area contributed by atoms with E-state index in [1.165, 1.54) is 18.7 Å². The van der Waals surface area contributed by atoms with Gasteiger partial charge in [-0.2, -0.15) is 0 Å². The number of benzene rings is 1. The van der Waals surface area contributed by atoms with E-state index < -0.39 is 59.8 Å². The third-order valence-electron chi connectivity index (χ3n) is 7.08. The molecule has 1 aliphatic heterocycles. The number of ether oxygens (including phenoxy) is 3. The Kier molecular flexibility index (Phi) is 14.3. The summed E-state index contributed by atoms with van der Waals surface area (Å²) in [5.41, 5.74) is 0.0614. The van der Waals surface area contributed by atoms with Gasteiger partial charge in [0.05, 0.1) is 13.7 Å². The average molecular weight is 612 g/mol. The summed E-state index contributed by atoms with van der Waals surface area (Å²) in [6.45, 7) is 7.43. The molecule has 0 spiro atoms. The van der Waals surface area contributed by atoms with Crippen molar-refractivity contribution >= 4 is 29.8 Å². The minimum absolute atomic E-state index is 0.0614. The minimum Gasteiger partial charge on any atom is -0.467 e. The number of esters is 2. The van der Waals surface area contributed by atoms with Crippen molar-refractivity contribution in [3.8, 4) is 0 Å². The van der Waals surface area contributed by atoms with Crippen molar-refractivity contribution in [1.29, 1.82) is 0 Å². The van der Waals surface area contributed by atoms with Crippen molar-refractivity contribution in [2.45, 2.75) is 96.9 Å². The van der Waals surface area contributed by atoms with E-state index in [-0.39, 0.29) is 24.5 Å². The first-order chi connectivity index (χ1) is 20.3. The molecule has 11 nitrogen and oxygen atoms in total. The molecular formula is C30H43F2N3O8. The van der Waals surface area contributed by atoms with Gasteiger partial charge in [-0.05, 0) is 49.8 Å². The summed E-state index contributed by atoms with van der Waals surface area (Å²) in [7, 11) is 1.08. The van der Waals surface area contributed by atoms with E-state index in [0.717, 1.165) is 38.5 Å². The third kappa shape index (κ3) is 11.8. The number of halogens is 2. The Morgan fingerprint density at radius 1 is 1.00 bits per heavy atom. The van der Waals surface area contributed by atoms with Crippen molar-refractivity contribution in [1.82, 2.24) is 15.5 Å². The number of amides is 3. The van der Waals surface area contributed by atoms with Crippen LogP contribution < -0.4 is 10.6 Å². The van der Waals surface area contributed by atoms with Gasteiger partial charge in [-0.3, -0.25) is 9.59 Å². The summed E-state index contributed by atoms with van der Waals surface area (Å²) < 4.78 is 43.2. The van der Waals surface area contributed by atoms with Crippen LogP contribution >= 0.6 is 0 Å². The molecule has 1 fully saturated rings. The zero-order valence-corrected chi connectivity index (χ0v) is 25.5.